The van der Waals surface area contributed by atoms with Crippen LogP contribution in [0.1, 0.15) is 59.4 Å². The van der Waals surface area contributed by atoms with Crippen LogP contribution in [0.3, 0.4) is 0 Å². The number of methoxy groups -OCH3 is 2. The van der Waals surface area contributed by atoms with Crippen molar-refractivity contribution in [3.8, 4) is 11.5 Å². The van der Waals surface area contributed by atoms with Gasteiger partial charge in [-0.3, -0.25) is 4.79 Å². The molecule has 5 nitrogen and oxygen atoms in total. The predicted molar refractivity (Wildman–Crippen MR) is 123 cm³/mol. The third-order valence-electron chi connectivity index (χ3n) is 7.21. The van der Waals surface area contributed by atoms with Crippen LogP contribution in [0.5, 0.6) is 11.5 Å². The fraction of sp³-hybridized carbons (Fsp3) is 0.720. The van der Waals surface area contributed by atoms with Crippen LogP contribution in [0.15, 0.2) is 18.2 Å². The highest BCUT2D eigenvalue weighted by Crippen LogP contribution is 2.68. The van der Waals surface area contributed by atoms with Crippen LogP contribution in [0.2, 0.25) is 0 Å². The lowest BCUT2D eigenvalue weighted by Gasteiger charge is -2.22. The van der Waals surface area contributed by atoms with Crippen LogP contribution in [0.25, 0.3) is 0 Å². The van der Waals surface area contributed by atoms with E-state index >= 15 is 0 Å². The minimum atomic E-state index is 0.107. The Kier molecular flexibility index (Phi) is 8.60. The van der Waals surface area contributed by atoms with Gasteiger partial charge in [0.05, 0.1) is 14.2 Å². The van der Waals surface area contributed by atoms with Crippen molar-refractivity contribution < 1.29 is 14.3 Å². The zero-order valence-electron chi connectivity index (χ0n) is 20.1. The predicted octanol–water partition coefficient (Wildman–Crippen LogP) is 4.54. The Morgan fingerprint density at radius 2 is 1.73 bits per heavy atom. The van der Waals surface area contributed by atoms with Crippen molar-refractivity contribution in [3.05, 3.63) is 23.8 Å². The number of rotatable bonds is 13. The molecule has 30 heavy (non-hydrogen) atoms. The maximum atomic E-state index is 12.5. The molecule has 0 heterocycles. The van der Waals surface area contributed by atoms with Crippen molar-refractivity contribution in [2.24, 2.45) is 16.7 Å². The van der Waals surface area contributed by atoms with E-state index in [4.69, 9.17) is 9.47 Å². The quantitative estimate of drug-likeness (QED) is 0.478. The molecule has 0 radical (unpaired) electrons. The molecule has 0 unspecified atom stereocenters. The normalized spacial score (nSPS) is 17.1. The molecule has 5 heteroatoms. The summed E-state index contributed by atoms with van der Waals surface area (Å²) in [6.45, 7) is 14.9. The Morgan fingerprint density at radius 1 is 1.03 bits per heavy atom. The number of carbonyl (C=O) groups is 1. The van der Waals surface area contributed by atoms with Gasteiger partial charge in [-0.05, 0) is 73.4 Å². The summed E-state index contributed by atoms with van der Waals surface area (Å²) in [5.41, 5.74) is 1.40. The molecule has 0 spiro atoms. The highest BCUT2D eigenvalue weighted by molar-refractivity contribution is 5.84. The maximum absolute atomic E-state index is 12.5. The monoisotopic (exact) mass is 418 g/mol. The van der Waals surface area contributed by atoms with E-state index in [9.17, 15) is 4.79 Å². The van der Waals surface area contributed by atoms with Crippen molar-refractivity contribution in [1.82, 2.24) is 10.2 Å². The number of nitrogens with one attached hydrogen (secondary N) is 1. The highest BCUT2D eigenvalue weighted by atomic mass is 16.5. The van der Waals surface area contributed by atoms with Gasteiger partial charge in [0.2, 0.25) is 5.91 Å². The third kappa shape index (κ3) is 5.69. The molecule has 0 aliphatic heterocycles. The van der Waals surface area contributed by atoms with Gasteiger partial charge in [-0.1, -0.05) is 34.6 Å². The molecule has 1 N–H and O–H groups in total. The van der Waals surface area contributed by atoms with E-state index in [0.29, 0.717) is 0 Å². The summed E-state index contributed by atoms with van der Waals surface area (Å²) < 4.78 is 10.9. The van der Waals surface area contributed by atoms with Crippen LogP contribution in [0, 0.1) is 16.7 Å². The van der Waals surface area contributed by atoms with E-state index in [0.717, 1.165) is 63.4 Å². The lowest BCUT2D eigenvalue weighted by Crippen LogP contribution is -2.30. The van der Waals surface area contributed by atoms with Gasteiger partial charge >= 0.3 is 0 Å². The van der Waals surface area contributed by atoms with Crippen LogP contribution >= 0.6 is 0 Å². The van der Waals surface area contributed by atoms with E-state index in [-0.39, 0.29) is 22.7 Å². The Balaban J connectivity index is 1.74. The highest BCUT2D eigenvalue weighted by Gasteiger charge is 2.68. The Morgan fingerprint density at radius 3 is 2.30 bits per heavy atom. The standard InChI is InChI=1S/C25H42N2O3/c1-8-15-27(17-13-19-18-20(29-6)11-12-21(19)30-7)16-10-9-14-26-23(28)22-24(2,3)25(22,4)5/h11-12,18,22H,8-10,13-17H2,1-7H3,(H,26,28). The fourth-order valence-corrected chi connectivity index (χ4v) is 4.63. The van der Waals surface area contributed by atoms with Gasteiger partial charge in [0.15, 0.2) is 0 Å². The molecule has 0 saturated heterocycles. The molecular weight excluding hydrogens is 376 g/mol. The van der Waals surface area contributed by atoms with Gasteiger partial charge < -0.3 is 19.7 Å². The van der Waals surface area contributed by atoms with Crippen molar-refractivity contribution in [1.29, 1.82) is 0 Å². The smallest absolute Gasteiger partial charge is 0.224 e. The minimum Gasteiger partial charge on any atom is -0.497 e. The second-order valence-corrected chi connectivity index (χ2v) is 9.64. The summed E-state index contributed by atoms with van der Waals surface area (Å²) in [4.78, 5) is 15.0. The van der Waals surface area contributed by atoms with Gasteiger partial charge in [0.25, 0.3) is 0 Å². The van der Waals surface area contributed by atoms with Crippen LogP contribution < -0.4 is 14.8 Å². The van der Waals surface area contributed by atoms with E-state index in [1.54, 1.807) is 14.2 Å². The van der Waals surface area contributed by atoms with Gasteiger partial charge in [-0.15, -0.1) is 0 Å². The Labute approximate surface area is 183 Å². The Hall–Kier alpha value is -1.75. The van der Waals surface area contributed by atoms with Crippen LogP contribution in [0.4, 0.5) is 0 Å². The topological polar surface area (TPSA) is 50.8 Å². The average molecular weight is 419 g/mol. The van der Waals surface area contributed by atoms with Gasteiger partial charge in [-0.2, -0.15) is 0 Å². The maximum Gasteiger partial charge on any atom is 0.224 e. The lowest BCUT2D eigenvalue weighted by molar-refractivity contribution is -0.123. The first-order chi connectivity index (χ1) is 14.2. The fourth-order valence-electron chi connectivity index (χ4n) is 4.63. The van der Waals surface area contributed by atoms with Gasteiger partial charge in [0, 0.05) is 19.0 Å². The van der Waals surface area contributed by atoms with Crippen molar-refractivity contribution in [2.75, 3.05) is 40.4 Å². The number of nitrogens with zero attached hydrogens (tertiary/aromatic N) is 1. The summed E-state index contributed by atoms with van der Waals surface area (Å²) in [6, 6.07) is 5.98. The molecule has 1 amide bonds. The van der Waals surface area contributed by atoms with Crippen molar-refractivity contribution >= 4 is 5.91 Å². The second-order valence-electron chi connectivity index (χ2n) is 9.64. The molecule has 1 saturated carbocycles. The third-order valence-corrected chi connectivity index (χ3v) is 7.21. The molecule has 1 fully saturated rings. The molecule has 1 aliphatic rings. The molecule has 2 rings (SSSR count). The van der Waals surface area contributed by atoms with E-state index in [2.05, 4.69) is 50.9 Å². The molecule has 0 atom stereocenters. The van der Waals surface area contributed by atoms with E-state index in [1.807, 2.05) is 12.1 Å². The first-order valence-electron chi connectivity index (χ1n) is 11.4. The summed E-state index contributed by atoms with van der Waals surface area (Å²) in [5, 5.41) is 3.16. The number of benzene rings is 1. The van der Waals surface area contributed by atoms with E-state index < -0.39 is 0 Å². The first kappa shape index (κ1) is 24.5. The molecule has 170 valence electrons. The summed E-state index contributed by atoms with van der Waals surface area (Å²) in [7, 11) is 3.41. The SMILES string of the molecule is CCCN(CCCCNC(=O)C1C(C)(C)C1(C)C)CCc1cc(OC)ccc1OC. The largest absolute Gasteiger partial charge is 0.497 e. The zero-order valence-corrected chi connectivity index (χ0v) is 20.1. The first-order valence-corrected chi connectivity index (χ1v) is 11.4. The molecule has 0 bridgehead atoms. The number of unbranched alkanes of at least 4 members (excludes halogenated alkanes) is 1. The number of ether oxygens (including phenoxy) is 2. The second kappa shape index (κ2) is 10.5. The zero-order chi connectivity index (χ0) is 22.4. The molecule has 0 aromatic heterocycles. The van der Waals surface area contributed by atoms with Crippen molar-refractivity contribution in [2.45, 2.75) is 60.3 Å². The van der Waals surface area contributed by atoms with Crippen LogP contribution in [-0.2, 0) is 11.2 Å². The lowest BCUT2D eigenvalue weighted by atomic mass is 10.0. The molecule has 1 aromatic carbocycles. The number of hydrogen-bond donors (Lipinski definition) is 1. The number of hydrogen-bond acceptors (Lipinski definition) is 4. The van der Waals surface area contributed by atoms with Crippen molar-refractivity contribution in [3.63, 3.8) is 0 Å². The van der Waals surface area contributed by atoms with Gasteiger partial charge in [-0.25, -0.2) is 0 Å². The number of carbonyl (C=O) groups excluding carboxylic acids is 1. The average Bonchev–Trinajstić information content (AvgIpc) is 3.13. The summed E-state index contributed by atoms with van der Waals surface area (Å²) >= 11 is 0. The Bertz CT molecular complexity index is 686. The summed E-state index contributed by atoms with van der Waals surface area (Å²) in [6.07, 6.45) is 4.18. The minimum absolute atomic E-state index is 0.107. The molecular formula is C25H42N2O3. The molecule has 1 aliphatic carbocycles. The van der Waals surface area contributed by atoms with Crippen LogP contribution in [-0.4, -0.2) is 51.2 Å². The molecule has 1 aromatic rings. The summed E-state index contributed by atoms with van der Waals surface area (Å²) in [5.74, 6) is 2.14. The van der Waals surface area contributed by atoms with Gasteiger partial charge in [0.1, 0.15) is 11.5 Å². The number of amides is 1. The van der Waals surface area contributed by atoms with E-state index in [1.165, 1.54) is 5.56 Å².